The fraction of sp³-hybridized carbons (Fsp3) is 0.417. The van der Waals surface area contributed by atoms with Gasteiger partial charge in [-0.2, -0.15) is 4.31 Å². The molecule has 1 aromatic carbocycles. The molecule has 0 spiro atoms. The van der Waals surface area contributed by atoms with Crippen LogP contribution in [0.3, 0.4) is 0 Å². The lowest BCUT2D eigenvalue weighted by molar-refractivity contribution is -0.132. The van der Waals surface area contributed by atoms with E-state index in [1.165, 1.54) is 9.21 Å². The van der Waals surface area contributed by atoms with Crippen LogP contribution < -0.4 is 0 Å². The molecule has 7 heteroatoms. The van der Waals surface area contributed by atoms with Crippen LogP contribution in [0.25, 0.3) is 0 Å². The molecule has 1 amide bonds. The van der Waals surface area contributed by atoms with Gasteiger partial charge in [0.1, 0.15) is 0 Å². The second-order valence-corrected chi connectivity index (χ2v) is 7.35. The van der Waals surface area contributed by atoms with E-state index in [9.17, 15) is 13.2 Å². The topological polar surface area (TPSA) is 57.7 Å². The van der Waals surface area contributed by atoms with E-state index in [1.54, 1.807) is 25.2 Å². The first kappa shape index (κ1) is 14.5. The Balaban J connectivity index is 2.35. The summed E-state index contributed by atoms with van der Waals surface area (Å²) in [5.74, 6) is -0.182. The quantitative estimate of drug-likeness (QED) is 0.808. The Morgan fingerprint density at radius 1 is 1.26 bits per heavy atom. The van der Waals surface area contributed by atoms with Crippen molar-refractivity contribution in [3.05, 3.63) is 28.2 Å². The number of halogens is 1. The van der Waals surface area contributed by atoms with E-state index in [2.05, 4.69) is 15.9 Å². The summed E-state index contributed by atoms with van der Waals surface area (Å²) in [7, 11) is -1.95. The maximum absolute atomic E-state index is 12.5. The van der Waals surface area contributed by atoms with Crippen LogP contribution in [0, 0.1) is 6.92 Å². The SMILES string of the molecule is Cc1ccc(S(=O)(=O)N2CCN(C)C(=O)C2)c(Br)c1. The Bertz CT molecular complexity index is 615. The second-order valence-electron chi connectivity index (χ2n) is 4.59. The van der Waals surface area contributed by atoms with Crippen molar-refractivity contribution in [1.29, 1.82) is 0 Å². The predicted octanol–water partition coefficient (Wildman–Crippen LogP) is 1.22. The van der Waals surface area contributed by atoms with Gasteiger partial charge in [0.2, 0.25) is 15.9 Å². The molecule has 0 aromatic heterocycles. The van der Waals surface area contributed by atoms with E-state index in [4.69, 9.17) is 0 Å². The van der Waals surface area contributed by atoms with Crippen LogP contribution in [-0.4, -0.2) is 50.2 Å². The maximum Gasteiger partial charge on any atom is 0.244 e. The average molecular weight is 347 g/mol. The van der Waals surface area contributed by atoms with Gasteiger partial charge in [-0.15, -0.1) is 0 Å². The van der Waals surface area contributed by atoms with Crippen molar-refractivity contribution in [2.75, 3.05) is 26.7 Å². The van der Waals surface area contributed by atoms with Crippen molar-refractivity contribution in [2.24, 2.45) is 0 Å². The molecule has 1 aliphatic rings. The van der Waals surface area contributed by atoms with Crippen molar-refractivity contribution in [2.45, 2.75) is 11.8 Å². The first-order valence-corrected chi connectivity index (χ1v) is 8.06. The molecule has 0 N–H and O–H groups in total. The van der Waals surface area contributed by atoms with Crippen molar-refractivity contribution in [3.8, 4) is 0 Å². The molecule has 104 valence electrons. The normalized spacial score (nSPS) is 17.8. The summed E-state index contributed by atoms with van der Waals surface area (Å²) in [4.78, 5) is 13.4. The molecule has 0 saturated carbocycles. The lowest BCUT2D eigenvalue weighted by Crippen LogP contribution is -2.50. The molecule has 0 unspecified atom stereocenters. The van der Waals surface area contributed by atoms with E-state index in [-0.39, 0.29) is 17.3 Å². The van der Waals surface area contributed by atoms with Gasteiger partial charge in [0.25, 0.3) is 0 Å². The molecule has 0 bridgehead atoms. The van der Waals surface area contributed by atoms with Crippen molar-refractivity contribution >= 4 is 31.9 Å². The number of benzene rings is 1. The number of sulfonamides is 1. The number of piperazine rings is 1. The molecule has 2 rings (SSSR count). The third kappa shape index (κ3) is 2.82. The monoisotopic (exact) mass is 346 g/mol. The number of likely N-dealkylation sites (N-methyl/N-ethyl adjacent to an activating group) is 1. The summed E-state index contributed by atoms with van der Waals surface area (Å²) < 4.78 is 26.7. The number of aryl methyl sites for hydroxylation is 1. The highest BCUT2D eigenvalue weighted by Gasteiger charge is 2.32. The van der Waals surface area contributed by atoms with Gasteiger partial charge in [0, 0.05) is 24.6 Å². The maximum atomic E-state index is 12.5. The highest BCUT2D eigenvalue weighted by Crippen LogP contribution is 2.26. The minimum Gasteiger partial charge on any atom is -0.343 e. The summed E-state index contributed by atoms with van der Waals surface area (Å²) in [6.07, 6.45) is 0. The zero-order chi connectivity index (χ0) is 14.2. The molecule has 1 aliphatic heterocycles. The fourth-order valence-electron chi connectivity index (χ4n) is 1.90. The van der Waals surface area contributed by atoms with Crippen LogP contribution in [0.2, 0.25) is 0 Å². The van der Waals surface area contributed by atoms with Crippen LogP contribution in [0.4, 0.5) is 0 Å². The zero-order valence-electron chi connectivity index (χ0n) is 10.8. The van der Waals surface area contributed by atoms with E-state index < -0.39 is 10.0 Å². The molecule has 1 saturated heterocycles. The van der Waals surface area contributed by atoms with Gasteiger partial charge in [-0.05, 0) is 40.5 Å². The molecule has 19 heavy (non-hydrogen) atoms. The number of carbonyl (C=O) groups is 1. The second kappa shape index (κ2) is 5.22. The van der Waals surface area contributed by atoms with E-state index in [0.717, 1.165) is 5.56 Å². The highest BCUT2D eigenvalue weighted by atomic mass is 79.9. The van der Waals surface area contributed by atoms with E-state index in [1.807, 2.05) is 6.92 Å². The van der Waals surface area contributed by atoms with Gasteiger partial charge in [-0.3, -0.25) is 4.79 Å². The van der Waals surface area contributed by atoms with Gasteiger partial charge < -0.3 is 4.90 Å². The van der Waals surface area contributed by atoms with Crippen molar-refractivity contribution < 1.29 is 13.2 Å². The van der Waals surface area contributed by atoms with Crippen molar-refractivity contribution in [3.63, 3.8) is 0 Å². The van der Waals surface area contributed by atoms with Gasteiger partial charge in [-0.1, -0.05) is 6.07 Å². The fourth-order valence-corrected chi connectivity index (χ4v) is 4.43. The van der Waals surface area contributed by atoms with Crippen LogP contribution in [-0.2, 0) is 14.8 Å². The summed E-state index contributed by atoms with van der Waals surface area (Å²) in [6.45, 7) is 2.53. The molecule has 1 aromatic rings. The van der Waals surface area contributed by atoms with Gasteiger partial charge in [0.05, 0.1) is 11.4 Å². The summed E-state index contributed by atoms with van der Waals surface area (Å²) in [6, 6.07) is 5.07. The van der Waals surface area contributed by atoms with Crippen LogP contribution >= 0.6 is 15.9 Å². The summed E-state index contributed by atoms with van der Waals surface area (Å²) in [5, 5.41) is 0. The van der Waals surface area contributed by atoms with Gasteiger partial charge in [-0.25, -0.2) is 8.42 Å². The molecule has 1 fully saturated rings. The first-order chi connectivity index (χ1) is 8.82. The number of nitrogens with zero attached hydrogens (tertiary/aromatic N) is 2. The number of hydrogen-bond acceptors (Lipinski definition) is 3. The predicted molar refractivity (Wildman–Crippen MR) is 75.3 cm³/mol. The number of amides is 1. The summed E-state index contributed by atoms with van der Waals surface area (Å²) >= 11 is 3.28. The molecule has 5 nitrogen and oxygen atoms in total. The van der Waals surface area contributed by atoms with E-state index >= 15 is 0 Å². The largest absolute Gasteiger partial charge is 0.343 e. The number of hydrogen-bond donors (Lipinski definition) is 0. The zero-order valence-corrected chi connectivity index (χ0v) is 13.2. The lowest BCUT2D eigenvalue weighted by Gasteiger charge is -2.31. The Labute approximate surface area is 121 Å². The third-order valence-electron chi connectivity index (χ3n) is 3.13. The highest BCUT2D eigenvalue weighted by molar-refractivity contribution is 9.10. The Morgan fingerprint density at radius 2 is 1.95 bits per heavy atom. The Kier molecular flexibility index (Phi) is 3.98. The van der Waals surface area contributed by atoms with Crippen LogP contribution in [0.1, 0.15) is 5.56 Å². The van der Waals surface area contributed by atoms with Crippen LogP contribution in [0.15, 0.2) is 27.6 Å². The molecule has 0 atom stereocenters. The Hall–Kier alpha value is -0.920. The van der Waals surface area contributed by atoms with Crippen LogP contribution in [0.5, 0.6) is 0 Å². The third-order valence-corrected chi connectivity index (χ3v) is 5.95. The molecule has 0 radical (unpaired) electrons. The van der Waals surface area contributed by atoms with Gasteiger partial charge >= 0.3 is 0 Å². The average Bonchev–Trinajstić information content (AvgIpc) is 2.32. The smallest absolute Gasteiger partial charge is 0.244 e. The minimum atomic E-state index is -3.63. The molecule has 1 heterocycles. The van der Waals surface area contributed by atoms with Crippen molar-refractivity contribution in [1.82, 2.24) is 9.21 Å². The van der Waals surface area contributed by atoms with E-state index in [0.29, 0.717) is 17.6 Å². The molecular weight excluding hydrogens is 332 g/mol. The molecule has 0 aliphatic carbocycles. The number of rotatable bonds is 2. The Morgan fingerprint density at radius 3 is 2.53 bits per heavy atom. The lowest BCUT2D eigenvalue weighted by atomic mass is 10.2. The number of carbonyl (C=O) groups excluding carboxylic acids is 1. The summed E-state index contributed by atoms with van der Waals surface area (Å²) in [5.41, 5.74) is 0.972. The van der Waals surface area contributed by atoms with Gasteiger partial charge in [0.15, 0.2) is 0 Å². The minimum absolute atomic E-state index is 0.0981. The first-order valence-electron chi connectivity index (χ1n) is 5.82. The molecular formula is C12H15BrN2O3S. The standard InChI is InChI=1S/C12H15BrN2O3S/c1-9-3-4-11(10(13)7-9)19(17,18)15-6-5-14(2)12(16)8-15/h3-4,7H,5-6,8H2,1-2H3.